The highest BCUT2D eigenvalue weighted by Gasteiger charge is 2.19. The van der Waals surface area contributed by atoms with Crippen molar-refractivity contribution in [1.29, 1.82) is 0 Å². The van der Waals surface area contributed by atoms with Gasteiger partial charge in [0.05, 0.1) is 28.7 Å². The lowest BCUT2D eigenvalue weighted by molar-refractivity contribution is -0.144. The zero-order valence-corrected chi connectivity index (χ0v) is 13.6. The van der Waals surface area contributed by atoms with Gasteiger partial charge in [0.2, 0.25) is 0 Å². The van der Waals surface area contributed by atoms with E-state index in [-0.39, 0.29) is 24.4 Å². The van der Waals surface area contributed by atoms with Gasteiger partial charge in [0.25, 0.3) is 0 Å². The highest BCUT2D eigenvalue weighted by molar-refractivity contribution is 7.09. The van der Waals surface area contributed by atoms with E-state index in [2.05, 4.69) is 30.7 Å². The molecule has 2 aromatic heterocycles. The molecular formula is C15H20N2O3S. The van der Waals surface area contributed by atoms with Crippen LogP contribution in [0.5, 0.6) is 0 Å². The highest BCUT2D eigenvalue weighted by atomic mass is 32.1. The Hall–Kier alpha value is -1.69. The third-order valence-corrected chi connectivity index (χ3v) is 3.95. The number of rotatable bonds is 5. The molecule has 0 aliphatic carbocycles. The summed E-state index contributed by atoms with van der Waals surface area (Å²) in [5.74, 6) is 1.15. The summed E-state index contributed by atoms with van der Waals surface area (Å²) in [6, 6.07) is 0. The molecule has 5 nitrogen and oxygen atoms in total. The van der Waals surface area contributed by atoms with Crippen LogP contribution in [-0.4, -0.2) is 15.9 Å². The predicted molar refractivity (Wildman–Crippen MR) is 80.2 cm³/mol. The van der Waals surface area contributed by atoms with E-state index in [1.165, 1.54) is 11.3 Å². The number of carbonyl (C=O) groups excluding carboxylic acids is 1. The number of aromatic nitrogens is 2. The molecule has 0 amide bonds. The fourth-order valence-electron chi connectivity index (χ4n) is 1.66. The quantitative estimate of drug-likeness (QED) is 0.792. The third kappa shape index (κ3) is 4.39. The summed E-state index contributed by atoms with van der Waals surface area (Å²) < 4.78 is 10.9. The van der Waals surface area contributed by atoms with Crippen molar-refractivity contribution in [3.05, 3.63) is 33.9 Å². The van der Waals surface area contributed by atoms with E-state index in [9.17, 15) is 4.79 Å². The number of ether oxygens (including phenoxy) is 1. The van der Waals surface area contributed by atoms with Crippen LogP contribution in [0.15, 0.2) is 16.1 Å². The van der Waals surface area contributed by atoms with Gasteiger partial charge in [-0.2, -0.15) is 0 Å². The second-order valence-electron chi connectivity index (χ2n) is 5.89. The average molecular weight is 308 g/mol. The number of aryl methyl sites for hydroxylation is 2. The molecule has 0 spiro atoms. The lowest BCUT2D eigenvalue weighted by Crippen LogP contribution is -2.09. The van der Waals surface area contributed by atoms with E-state index >= 15 is 0 Å². The topological polar surface area (TPSA) is 65.2 Å². The van der Waals surface area contributed by atoms with Crippen LogP contribution in [-0.2, 0) is 28.0 Å². The molecule has 6 heteroatoms. The number of oxazole rings is 1. The maximum atomic E-state index is 11.7. The lowest BCUT2D eigenvalue weighted by Gasteiger charge is -2.13. The lowest BCUT2D eigenvalue weighted by atomic mass is 9.94. The molecule has 0 aliphatic rings. The van der Waals surface area contributed by atoms with Crippen molar-refractivity contribution in [2.75, 3.05) is 0 Å². The van der Waals surface area contributed by atoms with Crippen LogP contribution >= 0.6 is 11.3 Å². The van der Waals surface area contributed by atoms with Crippen LogP contribution < -0.4 is 0 Å². The van der Waals surface area contributed by atoms with Crippen LogP contribution in [0.2, 0.25) is 0 Å². The van der Waals surface area contributed by atoms with Crippen LogP contribution in [0.1, 0.15) is 49.4 Å². The van der Waals surface area contributed by atoms with Gasteiger partial charge >= 0.3 is 5.97 Å². The van der Waals surface area contributed by atoms with Gasteiger partial charge < -0.3 is 9.15 Å². The van der Waals surface area contributed by atoms with Crippen molar-refractivity contribution in [3.8, 4) is 0 Å². The van der Waals surface area contributed by atoms with Crippen LogP contribution in [0.25, 0.3) is 0 Å². The molecule has 0 aliphatic heterocycles. The van der Waals surface area contributed by atoms with Crippen molar-refractivity contribution >= 4 is 17.3 Å². The Kier molecular flexibility index (Phi) is 4.77. The summed E-state index contributed by atoms with van der Waals surface area (Å²) in [5, 5.41) is 0. The summed E-state index contributed by atoms with van der Waals surface area (Å²) in [5.41, 5.74) is 2.59. The summed E-state index contributed by atoms with van der Waals surface area (Å²) in [6.07, 6.45) is 2.44. The Labute approximate surface area is 128 Å². The van der Waals surface area contributed by atoms with Crippen LogP contribution in [0.3, 0.4) is 0 Å². The van der Waals surface area contributed by atoms with Crippen molar-refractivity contribution in [3.63, 3.8) is 0 Å². The monoisotopic (exact) mass is 308 g/mol. The molecule has 2 aromatic rings. The first-order valence-corrected chi connectivity index (χ1v) is 7.74. The van der Waals surface area contributed by atoms with Crippen molar-refractivity contribution < 1.29 is 13.9 Å². The largest absolute Gasteiger partial charge is 0.460 e. The van der Waals surface area contributed by atoms with Gasteiger partial charge in [-0.15, -0.1) is 11.3 Å². The van der Waals surface area contributed by atoms with Gasteiger partial charge in [0.15, 0.2) is 5.89 Å². The molecule has 0 N–H and O–H groups in total. The summed E-state index contributed by atoms with van der Waals surface area (Å²) in [7, 11) is 0. The van der Waals surface area contributed by atoms with Gasteiger partial charge in [-0.25, -0.2) is 9.97 Å². The maximum Gasteiger partial charge on any atom is 0.306 e. The molecule has 0 saturated heterocycles. The molecule has 0 bridgehead atoms. The summed E-state index contributed by atoms with van der Waals surface area (Å²) >= 11 is 1.49. The van der Waals surface area contributed by atoms with Crippen molar-refractivity contribution in [1.82, 2.24) is 9.97 Å². The number of carbonyl (C=O) groups is 1. The smallest absolute Gasteiger partial charge is 0.306 e. The Morgan fingerprint density at radius 3 is 2.71 bits per heavy atom. The van der Waals surface area contributed by atoms with E-state index in [1.807, 2.05) is 6.92 Å². The fraction of sp³-hybridized carbons (Fsp3) is 0.533. The molecule has 0 saturated carbocycles. The number of nitrogens with zero attached hydrogens (tertiary/aromatic N) is 2. The fourth-order valence-corrected chi connectivity index (χ4v) is 2.35. The first-order valence-electron chi connectivity index (χ1n) is 6.86. The molecule has 114 valence electrons. The molecule has 0 aromatic carbocycles. The molecule has 0 atom stereocenters. The summed E-state index contributed by atoms with van der Waals surface area (Å²) in [6.45, 7) is 8.36. The molecule has 2 rings (SSSR count). The van der Waals surface area contributed by atoms with E-state index in [4.69, 9.17) is 9.15 Å². The number of hydrogen-bond acceptors (Lipinski definition) is 6. The minimum absolute atomic E-state index is 0.0740. The molecular weight excluding hydrogens is 288 g/mol. The number of esters is 1. The second kappa shape index (κ2) is 6.39. The number of thiazole rings is 1. The van der Waals surface area contributed by atoms with Crippen LogP contribution in [0.4, 0.5) is 0 Å². The zero-order chi connectivity index (χ0) is 15.5. The second-order valence-corrected chi connectivity index (χ2v) is 6.83. The Morgan fingerprint density at radius 1 is 1.38 bits per heavy atom. The SMILES string of the molecule is Cc1ncsc1COC(=O)CCc1ncc(C(C)(C)C)o1. The Morgan fingerprint density at radius 2 is 2.14 bits per heavy atom. The number of hydrogen-bond donors (Lipinski definition) is 0. The molecule has 0 unspecified atom stereocenters. The Balaban J connectivity index is 1.79. The predicted octanol–water partition coefficient (Wildman–Crippen LogP) is 3.41. The highest BCUT2D eigenvalue weighted by Crippen LogP contribution is 2.23. The minimum Gasteiger partial charge on any atom is -0.460 e. The molecule has 0 radical (unpaired) electrons. The average Bonchev–Trinajstić information content (AvgIpc) is 3.02. The normalized spacial score (nSPS) is 11.6. The van der Waals surface area contributed by atoms with Crippen molar-refractivity contribution in [2.24, 2.45) is 0 Å². The summed E-state index contributed by atoms with van der Waals surface area (Å²) in [4.78, 5) is 21.0. The third-order valence-electron chi connectivity index (χ3n) is 3.04. The minimum atomic E-state index is -0.252. The zero-order valence-electron chi connectivity index (χ0n) is 12.8. The standard InChI is InChI=1S/C15H20N2O3S/c1-10-11(21-9-17-10)8-19-14(18)6-5-13-16-7-12(20-13)15(2,3)4/h7,9H,5-6,8H2,1-4H3. The van der Waals surface area contributed by atoms with E-state index in [1.54, 1.807) is 11.7 Å². The first-order chi connectivity index (χ1) is 9.86. The van der Waals surface area contributed by atoms with E-state index in [0.29, 0.717) is 12.3 Å². The first kappa shape index (κ1) is 15.7. The van der Waals surface area contributed by atoms with Gasteiger partial charge in [0.1, 0.15) is 12.4 Å². The van der Waals surface area contributed by atoms with Crippen molar-refractivity contribution in [2.45, 2.75) is 52.6 Å². The van der Waals surface area contributed by atoms with Gasteiger partial charge in [-0.3, -0.25) is 4.79 Å². The maximum absolute atomic E-state index is 11.7. The molecule has 0 fully saturated rings. The van der Waals surface area contributed by atoms with Gasteiger partial charge in [-0.1, -0.05) is 20.8 Å². The van der Waals surface area contributed by atoms with Gasteiger partial charge in [-0.05, 0) is 6.92 Å². The molecule has 2 heterocycles. The van der Waals surface area contributed by atoms with Gasteiger partial charge in [0, 0.05) is 11.8 Å². The Bertz CT molecular complexity index is 610. The molecule has 21 heavy (non-hydrogen) atoms. The van der Waals surface area contributed by atoms with E-state index < -0.39 is 0 Å². The van der Waals surface area contributed by atoms with Crippen LogP contribution in [0, 0.1) is 6.92 Å². The van der Waals surface area contributed by atoms with E-state index in [0.717, 1.165) is 16.3 Å².